The molecule has 6 heteroatoms. The van der Waals surface area contributed by atoms with Crippen LogP contribution in [0, 0.1) is 5.82 Å². The summed E-state index contributed by atoms with van der Waals surface area (Å²) in [5.41, 5.74) is 0.0179. The quantitative estimate of drug-likeness (QED) is 0.811. The molecular weight excluding hydrogens is 283 g/mol. The van der Waals surface area contributed by atoms with E-state index in [4.69, 9.17) is 16.3 Å². The summed E-state index contributed by atoms with van der Waals surface area (Å²) in [6.07, 6.45) is 1.38. The summed E-state index contributed by atoms with van der Waals surface area (Å²) in [6, 6.07) is 4.14. The van der Waals surface area contributed by atoms with Gasteiger partial charge < -0.3 is 4.74 Å². The van der Waals surface area contributed by atoms with Crippen molar-refractivity contribution >= 4 is 17.4 Å². The number of ether oxygens (including phenoxy) is 1. The second-order valence-electron chi connectivity index (χ2n) is 4.53. The molecule has 0 spiro atoms. The Morgan fingerprint density at radius 2 is 2.15 bits per heavy atom. The number of carbonyl (C=O) groups is 1. The summed E-state index contributed by atoms with van der Waals surface area (Å²) < 4.78 is 20.5. The molecule has 0 aliphatic carbocycles. The van der Waals surface area contributed by atoms with Crippen LogP contribution < -0.4 is 4.74 Å². The van der Waals surface area contributed by atoms with Crippen molar-refractivity contribution in [1.82, 2.24) is 9.78 Å². The van der Waals surface area contributed by atoms with Crippen LogP contribution in [-0.2, 0) is 0 Å². The predicted octanol–water partition coefficient (Wildman–Crippen LogP) is 3.50. The first-order valence-corrected chi connectivity index (χ1v) is 6.45. The summed E-state index contributed by atoms with van der Waals surface area (Å²) in [5, 5.41) is 4.24. The minimum Gasteiger partial charge on any atom is -0.496 e. The lowest BCUT2D eigenvalue weighted by atomic mass is 10.1. The van der Waals surface area contributed by atoms with Crippen LogP contribution in [0.3, 0.4) is 0 Å². The van der Waals surface area contributed by atoms with E-state index in [0.717, 1.165) is 0 Å². The Morgan fingerprint density at radius 3 is 2.75 bits per heavy atom. The molecule has 0 N–H and O–H groups in total. The van der Waals surface area contributed by atoms with Crippen LogP contribution in [0.5, 0.6) is 5.75 Å². The lowest BCUT2D eigenvalue weighted by molar-refractivity contribution is 0.102. The minimum atomic E-state index is -0.651. The van der Waals surface area contributed by atoms with Gasteiger partial charge in [-0.1, -0.05) is 17.7 Å². The Balaban J connectivity index is 2.61. The Labute approximate surface area is 121 Å². The first-order chi connectivity index (χ1) is 9.47. The maximum Gasteiger partial charge on any atom is 0.219 e. The zero-order chi connectivity index (χ0) is 14.9. The van der Waals surface area contributed by atoms with E-state index < -0.39 is 11.6 Å². The van der Waals surface area contributed by atoms with Crippen molar-refractivity contribution in [2.24, 2.45) is 0 Å². The van der Waals surface area contributed by atoms with Crippen LogP contribution in [0.2, 0.25) is 5.02 Å². The molecule has 0 fully saturated rings. The monoisotopic (exact) mass is 296 g/mol. The third-order valence-electron chi connectivity index (χ3n) is 2.88. The predicted molar refractivity (Wildman–Crippen MR) is 74.0 cm³/mol. The number of rotatable bonds is 4. The molecule has 0 radical (unpaired) electrons. The van der Waals surface area contributed by atoms with Gasteiger partial charge in [-0.2, -0.15) is 5.10 Å². The molecule has 1 aromatic heterocycles. The lowest BCUT2D eigenvalue weighted by Crippen LogP contribution is -2.15. The molecule has 20 heavy (non-hydrogen) atoms. The number of aromatic nitrogens is 2. The van der Waals surface area contributed by atoms with Crippen molar-refractivity contribution in [1.29, 1.82) is 0 Å². The number of halogens is 2. The molecule has 0 aliphatic heterocycles. The number of hydrogen-bond acceptors (Lipinski definition) is 3. The minimum absolute atomic E-state index is 0.0702. The maximum atomic E-state index is 14.0. The molecule has 0 amide bonds. The van der Waals surface area contributed by atoms with Gasteiger partial charge in [0.1, 0.15) is 22.8 Å². The topological polar surface area (TPSA) is 44.1 Å². The van der Waals surface area contributed by atoms with E-state index in [1.54, 1.807) is 0 Å². The average Bonchev–Trinajstić information content (AvgIpc) is 2.79. The molecular formula is C14H14ClFN2O2. The number of benzene rings is 1. The molecule has 106 valence electrons. The van der Waals surface area contributed by atoms with Crippen molar-refractivity contribution in [3.05, 3.63) is 46.5 Å². The zero-order valence-corrected chi connectivity index (χ0v) is 12.1. The van der Waals surface area contributed by atoms with E-state index >= 15 is 0 Å². The van der Waals surface area contributed by atoms with E-state index in [1.807, 2.05) is 13.8 Å². The molecule has 0 aliphatic rings. The number of ketones is 1. The van der Waals surface area contributed by atoms with E-state index in [-0.39, 0.29) is 28.1 Å². The Hall–Kier alpha value is -1.88. The van der Waals surface area contributed by atoms with Crippen LogP contribution in [-0.4, -0.2) is 22.7 Å². The molecule has 0 unspecified atom stereocenters. The first kappa shape index (κ1) is 14.5. The van der Waals surface area contributed by atoms with Gasteiger partial charge in [-0.3, -0.25) is 9.48 Å². The Morgan fingerprint density at radius 1 is 1.45 bits per heavy atom. The molecule has 0 atom stereocenters. The average molecular weight is 297 g/mol. The number of nitrogens with zero attached hydrogens (tertiary/aromatic N) is 2. The highest BCUT2D eigenvalue weighted by Crippen LogP contribution is 2.28. The lowest BCUT2D eigenvalue weighted by Gasteiger charge is -2.13. The van der Waals surface area contributed by atoms with Crippen molar-refractivity contribution in [2.75, 3.05) is 7.11 Å². The van der Waals surface area contributed by atoms with Crippen molar-refractivity contribution < 1.29 is 13.9 Å². The standard InChI is InChI=1S/C14H14ClFN2O2/c1-8(2)18-13(9(15)7-17-18)14(19)12-10(16)5-4-6-11(12)20-3/h4-8H,1-3H3. The highest BCUT2D eigenvalue weighted by molar-refractivity contribution is 6.34. The maximum absolute atomic E-state index is 14.0. The van der Waals surface area contributed by atoms with Gasteiger partial charge in [0, 0.05) is 6.04 Å². The van der Waals surface area contributed by atoms with E-state index in [1.165, 1.54) is 36.2 Å². The molecule has 1 heterocycles. The van der Waals surface area contributed by atoms with Gasteiger partial charge in [0.2, 0.25) is 5.78 Å². The molecule has 0 bridgehead atoms. The largest absolute Gasteiger partial charge is 0.496 e. The molecule has 0 saturated carbocycles. The molecule has 2 aromatic rings. The summed E-state index contributed by atoms with van der Waals surface area (Å²) >= 11 is 6.01. The second kappa shape index (κ2) is 5.63. The third-order valence-corrected chi connectivity index (χ3v) is 3.15. The van der Waals surface area contributed by atoms with Crippen LogP contribution in [0.25, 0.3) is 0 Å². The van der Waals surface area contributed by atoms with Crippen LogP contribution in [0.4, 0.5) is 4.39 Å². The number of carbonyl (C=O) groups excluding carboxylic acids is 1. The van der Waals surface area contributed by atoms with Crippen LogP contribution in [0.1, 0.15) is 35.9 Å². The fourth-order valence-electron chi connectivity index (χ4n) is 1.96. The van der Waals surface area contributed by atoms with Gasteiger partial charge in [0.15, 0.2) is 0 Å². The number of hydrogen-bond donors (Lipinski definition) is 0. The highest BCUT2D eigenvalue weighted by atomic mass is 35.5. The van der Waals surface area contributed by atoms with Gasteiger partial charge in [-0.25, -0.2) is 4.39 Å². The van der Waals surface area contributed by atoms with Crippen LogP contribution in [0.15, 0.2) is 24.4 Å². The fraction of sp³-hybridized carbons (Fsp3) is 0.286. The highest BCUT2D eigenvalue weighted by Gasteiger charge is 2.26. The Bertz CT molecular complexity index is 653. The Kier molecular flexibility index (Phi) is 4.09. The molecule has 0 saturated heterocycles. The number of methoxy groups -OCH3 is 1. The van der Waals surface area contributed by atoms with Gasteiger partial charge in [-0.05, 0) is 26.0 Å². The van der Waals surface area contributed by atoms with Crippen molar-refractivity contribution in [3.8, 4) is 5.75 Å². The fourth-order valence-corrected chi connectivity index (χ4v) is 2.17. The van der Waals surface area contributed by atoms with Crippen LogP contribution >= 0.6 is 11.6 Å². The smallest absolute Gasteiger partial charge is 0.219 e. The second-order valence-corrected chi connectivity index (χ2v) is 4.93. The summed E-state index contributed by atoms with van der Waals surface area (Å²) in [6.45, 7) is 3.72. The summed E-state index contributed by atoms with van der Waals surface area (Å²) in [4.78, 5) is 12.6. The van der Waals surface area contributed by atoms with Gasteiger partial charge in [0.25, 0.3) is 0 Å². The van der Waals surface area contributed by atoms with Gasteiger partial charge in [0.05, 0.1) is 18.3 Å². The van der Waals surface area contributed by atoms with E-state index in [2.05, 4.69) is 5.10 Å². The molecule has 1 aromatic carbocycles. The van der Waals surface area contributed by atoms with E-state index in [0.29, 0.717) is 0 Å². The zero-order valence-electron chi connectivity index (χ0n) is 11.4. The SMILES string of the molecule is COc1cccc(F)c1C(=O)c1c(Cl)cnn1C(C)C. The first-order valence-electron chi connectivity index (χ1n) is 6.07. The van der Waals surface area contributed by atoms with Crippen molar-refractivity contribution in [3.63, 3.8) is 0 Å². The molecule has 4 nitrogen and oxygen atoms in total. The summed E-state index contributed by atoms with van der Waals surface area (Å²) in [5.74, 6) is -1.03. The van der Waals surface area contributed by atoms with Gasteiger partial charge >= 0.3 is 0 Å². The molecule has 2 rings (SSSR count). The third kappa shape index (κ3) is 2.41. The summed E-state index contributed by atoms with van der Waals surface area (Å²) in [7, 11) is 1.38. The normalized spacial score (nSPS) is 10.9. The van der Waals surface area contributed by atoms with Gasteiger partial charge in [-0.15, -0.1) is 0 Å². The van der Waals surface area contributed by atoms with E-state index in [9.17, 15) is 9.18 Å². The van der Waals surface area contributed by atoms with Crippen molar-refractivity contribution in [2.45, 2.75) is 19.9 Å².